The molecule has 0 atom stereocenters. The van der Waals surface area contributed by atoms with Crippen LogP contribution in [0, 0.1) is 0 Å². The molecule has 0 spiro atoms. The van der Waals surface area contributed by atoms with Crippen molar-refractivity contribution >= 4 is 5.78 Å². The molecule has 0 saturated carbocycles. The highest BCUT2D eigenvalue weighted by Gasteiger charge is 2.18. The van der Waals surface area contributed by atoms with Gasteiger partial charge < -0.3 is 4.74 Å². The van der Waals surface area contributed by atoms with Crippen LogP contribution in [0.3, 0.4) is 0 Å². The van der Waals surface area contributed by atoms with Crippen LogP contribution in [-0.2, 0) is 12.8 Å². The number of ether oxygens (including phenoxy) is 1. The lowest BCUT2D eigenvalue weighted by atomic mass is 9.94. The van der Waals surface area contributed by atoms with E-state index in [0.717, 1.165) is 24.2 Å². The van der Waals surface area contributed by atoms with Crippen molar-refractivity contribution < 1.29 is 9.53 Å². The lowest BCUT2D eigenvalue weighted by Crippen LogP contribution is -2.05. The lowest BCUT2D eigenvalue weighted by molar-refractivity contribution is 0.101. The van der Waals surface area contributed by atoms with Gasteiger partial charge in [-0.1, -0.05) is 12.5 Å². The Hall–Kier alpha value is -1.31. The predicted molar refractivity (Wildman–Crippen MR) is 64.3 cm³/mol. The van der Waals surface area contributed by atoms with Crippen LogP contribution < -0.4 is 4.74 Å². The third-order valence-electron chi connectivity index (χ3n) is 3.32. The highest BCUT2D eigenvalue weighted by atomic mass is 16.5. The summed E-state index contributed by atoms with van der Waals surface area (Å²) in [4.78, 5) is 11.7. The molecule has 16 heavy (non-hydrogen) atoms. The van der Waals surface area contributed by atoms with Gasteiger partial charge >= 0.3 is 0 Å². The Kier molecular flexibility index (Phi) is 3.28. The molecule has 0 aliphatic heterocycles. The number of aryl methyl sites for hydroxylation is 1. The molecule has 1 aliphatic carbocycles. The summed E-state index contributed by atoms with van der Waals surface area (Å²) >= 11 is 0. The van der Waals surface area contributed by atoms with Crippen molar-refractivity contribution in [2.24, 2.45) is 0 Å². The van der Waals surface area contributed by atoms with Gasteiger partial charge in [-0.2, -0.15) is 0 Å². The van der Waals surface area contributed by atoms with E-state index in [2.05, 4.69) is 6.07 Å². The van der Waals surface area contributed by atoms with E-state index in [-0.39, 0.29) is 5.78 Å². The maximum Gasteiger partial charge on any atom is 0.163 e. The van der Waals surface area contributed by atoms with Crippen LogP contribution in [0.15, 0.2) is 12.1 Å². The Balaban J connectivity index is 2.56. The first-order valence-electron chi connectivity index (χ1n) is 5.93. The Morgan fingerprint density at radius 3 is 2.62 bits per heavy atom. The van der Waals surface area contributed by atoms with Gasteiger partial charge in [0.1, 0.15) is 5.75 Å². The molecule has 1 aliphatic rings. The fourth-order valence-corrected chi connectivity index (χ4v) is 2.54. The molecule has 0 amide bonds. The molecule has 2 rings (SSSR count). The largest absolute Gasteiger partial charge is 0.496 e. The van der Waals surface area contributed by atoms with Gasteiger partial charge in [-0.25, -0.2) is 0 Å². The second kappa shape index (κ2) is 4.69. The summed E-state index contributed by atoms with van der Waals surface area (Å²) in [5.41, 5.74) is 3.37. The number of Topliss-reactive ketones (excluding diaryl/α,β-unsaturated/α-hetero) is 1. The monoisotopic (exact) mass is 218 g/mol. The fourth-order valence-electron chi connectivity index (χ4n) is 2.54. The van der Waals surface area contributed by atoms with E-state index in [9.17, 15) is 4.79 Å². The molecule has 0 bridgehead atoms. The van der Waals surface area contributed by atoms with Crippen LogP contribution in [0.2, 0.25) is 0 Å². The number of hydrogen-bond donors (Lipinski definition) is 0. The first-order valence-corrected chi connectivity index (χ1v) is 5.93. The molecule has 2 nitrogen and oxygen atoms in total. The van der Waals surface area contributed by atoms with E-state index in [1.807, 2.05) is 6.07 Å². The van der Waals surface area contributed by atoms with Crippen LogP contribution in [0.4, 0.5) is 0 Å². The zero-order chi connectivity index (χ0) is 11.5. The highest BCUT2D eigenvalue weighted by molar-refractivity contribution is 5.98. The fraction of sp³-hybridized carbons (Fsp3) is 0.500. The topological polar surface area (TPSA) is 26.3 Å². The SMILES string of the molecule is COc1ccc2c(c1C(C)=O)CCCCC2. The van der Waals surface area contributed by atoms with Crippen molar-refractivity contribution in [3.8, 4) is 5.75 Å². The molecule has 0 aromatic heterocycles. The number of rotatable bonds is 2. The molecule has 1 aromatic rings. The van der Waals surface area contributed by atoms with E-state index in [1.165, 1.54) is 30.4 Å². The van der Waals surface area contributed by atoms with Crippen molar-refractivity contribution in [3.63, 3.8) is 0 Å². The third kappa shape index (κ3) is 1.97. The molecule has 0 fully saturated rings. The number of ketones is 1. The molecular formula is C14H18O2. The minimum atomic E-state index is 0.121. The maximum atomic E-state index is 11.7. The standard InChI is InChI=1S/C14H18O2/c1-10(15)14-12-7-5-3-4-6-11(12)8-9-13(14)16-2/h8-9H,3-7H2,1-2H3. The summed E-state index contributed by atoms with van der Waals surface area (Å²) in [6.45, 7) is 1.63. The van der Waals surface area contributed by atoms with Gasteiger partial charge in [0, 0.05) is 0 Å². The van der Waals surface area contributed by atoms with E-state index >= 15 is 0 Å². The summed E-state index contributed by atoms with van der Waals surface area (Å²) < 4.78 is 5.29. The Morgan fingerprint density at radius 1 is 1.19 bits per heavy atom. The molecule has 1 aromatic carbocycles. The second-order valence-corrected chi connectivity index (χ2v) is 4.40. The third-order valence-corrected chi connectivity index (χ3v) is 3.32. The van der Waals surface area contributed by atoms with Crippen LogP contribution in [0.25, 0.3) is 0 Å². The number of carbonyl (C=O) groups is 1. The maximum absolute atomic E-state index is 11.7. The van der Waals surface area contributed by atoms with Crippen molar-refractivity contribution in [2.75, 3.05) is 7.11 Å². The van der Waals surface area contributed by atoms with Crippen molar-refractivity contribution in [1.82, 2.24) is 0 Å². The number of carbonyl (C=O) groups excluding carboxylic acids is 1. The van der Waals surface area contributed by atoms with Gasteiger partial charge in [0.2, 0.25) is 0 Å². The van der Waals surface area contributed by atoms with Gasteiger partial charge in [0.25, 0.3) is 0 Å². The van der Waals surface area contributed by atoms with Gasteiger partial charge in [0.15, 0.2) is 5.78 Å². The van der Waals surface area contributed by atoms with E-state index < -0.39 is 0 Å². The zero-order valence-corrected chi connectivity index (χ0v) is 10.0. The summed E-state index contributed by atoms with van der Waals surface area (Å²) in [6.07, 6.45) is 5.78. The Labute approximate surface area is 96.6 Å². The highest BCUT2D eigenvalue weighted by Crippen LogP contribution is 2.30. The summed E-state index contributed by atoms with van der Waals surface area (Å²) in [7, 11) is 1.63. The quantitative estimate of drug-likeness (QED) is 0.563. The van der Waals surface area contributed by atoms with E-state index in [1.54, 1.807) is 14.0 Å². The van der Waals surface area contributed by atoms with Crippen molar-refractivity contribution in [3.05, 3.63) is 28.8 Å². The molecule has 0 N–H and O–H groups in total. The molecule has 0 heterocycles. The normalized spacial score (nSPS) is 15.1. The summed E-state index contributed by atoms with van der Waals surface area (Å²) in [5.74, 6) is 0.851. The van der Waals surface area contributed by atoms with Crippen LogP contribution >= 0.6 is 0 Å². The van der Waals surface area contributed by atoms with Crippen LogP contribution in [-0.4, -0.2) is 12.9 Å². The van der Waals surface area contributed by atoms with E-state index in [4.69, 9.17) is 4.74 Å². The van der Waals surface area contributed by atoms with E-state index in [0.29, 0.717) is 0 Å². The van der Waals surface area contributed by atoms with Crippen molar-refractivity contribution in [1.29, 1.82) is 0 Å². The van der Waals surface area contributed by atoms with Gasteiger partial charge in [-0.3, -0.25) is 4.79 Å². The molecule has 0 saturated heterocycles. The minimum absolute atomic E-state index is 0.121. The van der Waals surface area contributed by atoms with Crippen molar-refractivity contribution in [2.45, 2.75) is 39.0 Å². The Morgan fingerprint density at radius 2 is 1.94 bits per heavy atom. The Bertz CT molecular complexity index is 407. The first-order chi connectivity index (χ1) is 7.74. The first kappa shape index (κ1) is 11.2. The number of methoxy groups -OCH3 is 1. The predicted octanol–water partition coefficient (Wildman–Crippen LogP) is 3.17. The second-order valence-electron chi connectivity index (χ2n) is 4.40. The number of benzene rings is 1. The average Bonchev–Trinajstić information content (AvgIpc) is 2.51. The lowest BCUT2D eigenvalue weighted by Gasteiger charge is -2.14. The zero-order valence-electron chi connectivity index (χ0n) is 10.0. The molecule has 2 heteroatoms. The van der Waals surface area contributed by atoms with Crippen LogP contribution in [0.1, 0.15) is 47.7 Å². The van der Waals surface area contributed by atoms with Gasteiger partial charge in [-0.15, -0.1) is 0 Å². The summed E-state index contributed by atoms with van der Waals surface area (Å²) in [5, 5.41) is 0. The number of hydrogen-bond acceptors (Lipinski definition) is 2. The number of fused-ring (bicyclic) bond motifs is 1. The minimum Gasteiger partial charge on any atom is -0.496 e. The molecule has 0 radical (unpaired) electrons. The molecular weight excluding hydrogens is 200 g/mol. The van der Waals surface area contributed by atoms with Gasteiger partial charge in [0.05, 0.1) is 12.7 Å². The molecule has 86 valence electrons. The molecule has 0 unspecified atom stereocenters. The van der Waals surface area contributed by atoms with Gasteiger partial charge in [-0.05, 0) is 49.8 Å². The average molecular weight is 218 g/mol. The van der Waals surface area contributed by atoms with Crippen LogP contribution in [0.5, 0.6) is 5.75 Å². The smallest absolute Gasteiger partial charge is 0.163 e. The summed E-state index contributed by atoms with van der Waals surface area (Å²) in [6, 6.07) is 4.05.